The van der Waals surface area contributed by atoms with Crippen molar-refractivity contribution in [1.29, 1.82) is 0 Å². The Balaban J connectivity index is 2.06. The number of carbonyl (C=O) groups is 2. The molecule has 11 heteroatoms. The minimum atomic E-state index is -4.26. The number of rotatable bonds is 13. The molecular formula is C30H36N4O6S. The molecule has 41 heavy (non-hydrogen) atoms. The molecule has 3 rings (SSSR count). The molecule has 0 saturated carbocycles. The summed E-state index contributed by atoms with van der Waals surface area (Å²) in [7, 11) is -4.26. The molecule has 0 saturated heterocycles. The van der Waals surface area contributed by atoms with Crippen molar-refractivity contribution >= 4 is 33.2 Å². The highest BCUT2D eigenvalue weighted by Crippen LogP contribution is 2.27. The van der Waals surface area contributed by atoms with Crippen LogP contribution in [-0.4, -0.2) is 49.2 Å². The van der Waals surface area contributed by atoms with E-state index in [9.17, 15) is 28.1 Å². The Labute approximate surface area is 241 Å². The molecule has 0 aliphatic heterocycles. The number of anilines is 1. The number of nitro groups is 1. The van der Waals surface area contributed by atoms with Gasteiger partial charge >= 0.3 is 0 Å². The van der Waals surface area contributed by atoms with Crippen molar-refractivity contribution < 1.29 is 22.9 Å². The van der Waals surface area contributed by atoms with Crippen LogP contribution < -0.4 is 9.62 Å². The van der Waals surface area contributed by atoms with Gasteiger partial charge in [0.25, 0.3) is 15.7 Å². The quantitative estimate of drug-likeness (QED) is 0.231. The molecule has 218 valence electrons. The third-order valence-electron chi connectivity index (χ3n) is 6.63. The van der Waals surface area contributed by atoms with E-state index in [0.717, 1.165) is 15.4 Å². The third kappa shape index (κ3) is 7.91. The van der Waals surface area contributed by atoms with E-state index in [-0.39, 0.29) is 34.6 Å². The van der Waals surface area contributed by atoms with Gasteiger partial charge in [-0.05, 0) is 54.7 Å². The van der Waals surface area contributed by atoms with Gasteiger partial charge in [-0.3, -0.25) is 24.0 Å². The first-order valence-corrected chi connectivity index (χ1v) is 14.8. The minimum Gasteiger partial charge on any atom is -0.354 e. The second-order valence-electron chi connectivity index (χ2n) is 10.1. The summed E-state index contributed by atoms with van der Waals surface area (Å²) < 4.78 is 28.6. The van der Waals surface area contributed by atoms with E-state index in [4.69, 9.17) is 0 Å². The van der Waals surface area contributed by atoms with Crippen LogP contribution in [0.4, 0.5) is 11.4 Å². The van der Waals surface area contributed by atoms with Gasteiger partial charge in [0.05, 0.1) is 15.5 Å². The first-order valence-electron chi connectivity index (χ1n) is 13.4. The van der Waals surface area contributed by atoms with Gasteiger partial charge in [0, 0.05) is 25.2 Å². The van der Waals surface area contributed by atoms with Crippen molar-refractivity contribution in [3.05, 3.63) is 100 Å². The van der Waals surface area contributed by atoms with E-state index in [1.807, 2.05) is 45.0 Å². The Bertz CT molecular complexity index is 1460. The van der Waals surface area contributed by atoms with Gasteiger partial charge in [0.2, 0.25) is 11.8 Å². The van der Waals surface area contributed by atoms with E-state index in [0.29, 0.717) is 13.0 Å². The molecule has 0 aromatic heterocycles. The summed E-state index contributed by atoms with van der Waals surface area (Å²) in [6.45, 7) is 7.54. The number of nitrogens with one attached hydrogen (secondary N) is 1. The monoisotopic (exact) mass is 580 g/mol. The molecule has 3 aromatic rings. The number of non-ortho nitro benzene ring substituents is 1. The van der Waals surface area contributed by atoms with Crippen LogP contribution in [0.25, 0.3) is 0 Å². The maximum absolute atomic E-state index is 14.1. The lowest BCUT2D eigenvalue weighted by Gasteiger charge is -2.33. The SMILES string of the molecule is CC[C@H](C(=O)NCC(C)C)N(Cc1ccccc1C)C(=O)CN(c1ccc([N+](=O)[O-])cc1)S(=O)(=O)c1ccccc1. The van der Waals surface area contributed by atoms with Crippen molar-refractivity contribution in [1.82, 2.24) is 10.2 Å². The van der Waals surface area contributed by atoms with Crippen LogP contribution in [0.1, 0.15) is 38.3 Å². The van der Waals surface area contributed by atoms with Crippen LogP contribution in [0, 0.1) is 23.0 Å². The zero-order valence-corrected chi connectivity index (χ0v) is 24.5. The van der Waals surface area contributed by atoms with Gasteiger partial charge in [0.15, 0.2) is 0 Å². The molecule has 0 aliphatic rings. The fourth-order valence-electron chi connectivity index (χ4n) is 4.30. The summed E-state index contributed by atoms with van der Waals surface area (Å²) >= 11 is 0. The Morgan fingerprint density at radius 1 is 0.951 bits per heavy atom. The van der Waals surface area contributed by atoms with Crippen LogP contribution in [0.15, 0.2) is 83.8 Å². The highest BCUT2D eigenvalue weighted by Gasteiger charge is 2.34. The molecular weight excluding hydrogens is 544 g/mol. The number of sulfonamides is 1. The molecule has 0 unspecified atom stereocenters. The van der Waals surface area contributed by atoms with Crippen LogP contribution in [0.2, 0.25) is 0 Å². The number of nitrogens with zero attached hydrogens (tertiary/aromatic N) is 3. The molecule has 1 atom stereocenters. The van der Waals surface area contributed by atoms with E-state index in [1.165, 1.54) is 41.3 Å². The fourth-order valence-corrected chi connectivity index (χ4v) is 5.74. The van der Waals surface area contributed by atoms with Crippen molar-refractivity contribution in [2.75, 3.05) is 17.4 Å². The molecule has 0 radical (unpaired) electrons. The Kier molecular flexibility index (Phi) is 10.6. The zero-order chi connectivity index (χ0) is 30.2. The maximum Gasteiger partial charge on any atom is 0.269 e. The van der Waals surface area contributed by atoms with Crippen LogP contribution in [-0.2, 0) is 26.2 Å². The lowest BCUT2D eigenvalue weighted by atomic mass is 10.1. The van der Waals surface area contributed by atoms with Gasteiger partial charge in [0.1, 0.15) is 12.6 Å². The highest BCUT2D eigenvalue weighted by atomic mass is 32.2. The van der Waals surface area contributed by atoms with Crippen molar-refractivity contribution in [2.45, 2.75) is 51.6 Å². The Hall–Kier alpha value is -4.25. The van der Waals surface area contributed by atoms with Gasteiger partial charge in [-0.2, -0.15) is 0 Å². The largest absolute Gasteiger partial charge is 0.354 e. The topological polar surface area (TPSA) is 130 Å². The molecule has 2 amide bonds. The summed E-state index contributed by atoms with van der Waals surface area (Å²) in [5.41, 5.74) is 1.61. The first kappa shape index (κ1) is 31.3. The minimum absolute atomic E-state index is 0.0432. The summed E-state index contributed by atoms with van der Waals surface area (Å²) in [5.74, 6) is -0.709. The lowest BCUT2D eigenvalue weighted by molar-refractivity contribution is -0.384. The third-order valence-corrected chi connectivity index (χ3v) is 8.42. The van der Waals surface area contributed by atoms with E-state index in [1.54, 1.807) is 25.1 Å². The second-order valence-corrected chi connectivity index (χ2v) is 12.0. The average molecular weight is 581 g/mol. The molecule has 1 N–H and O–H groups in total. The van der Waals surface area contributed by atoms with Crippen molar-refractivity contribution in [3.63, 3.8) is 0 Å². The molecule has 0 heterocycles. The number of aryl methyl sites for hydroxylation is 1. The number of carbonyl (C=O) groups excluding carboxylic acids is 2. The van der Waals surface area contributed by atoms with Crippen LogP contribution >= 0.6 is 0 Å². The van der Waals surface area contributed by atoms with Gasteiger partial charge < -0.3 is 10.2 Å². The van der Waals surface area contributed by atoms with Crippen LogP contribution in [0.5, 0.6) is 0 Å². The van der Waals surface area contributed by atoms with Gasteiger partial charge in [-0.1, -0.05) is 63.2 Å². The Morgan fingerprint density at radius 3 is 2.12 bits per heavy atom. The molecule has 0 aliphatic carbocycles. The lowest BCUT2D eigenvalue weighted by Crippen LogP contribution is -2.52. The standard InChI is InChI=1S/C30H36N4O6S/c1-5-28(30(36)31-19-22(2)3)32(20-24-12-10-9-11-23(24)4)29(35)21-33(25-15-17-26(18-16-25)34(37)38)41(39,40)27-13-7-6-8-14-27/h6-18,22,28H,5,19-21H2,1-4H3,(H,31,36)/t28-/m1/s1. The number of nitro benzene ring substituents is 1. The van der Waals surface area contributed by atoms with Crippen molar-refractivity contribution in [2.24, 2.45) is 5.92 Å². The fraction of sp³-hybridized carbons (Fsp3) is 0.333. The predicted molar refractivity (Wildman–Crippen MR) is 158 cm³/mol. The molecule has 3 aromatic carbocycles. The summed E-state index contributed by atoms with van der Waals surface area (Å²) in [6, 6.07) is 19.2. The molecule has 0 bridgehead atoms. The molecule has 0 spiro atoms. The smallest absolute Gasteiger partial charge is 0.269 e. The van der Waals surface area contributed by atoms with Crippen molar-refractivity contribution in [3.8, 4) is 0 Å². The summed E-state index contributed by atoms with van der Waals surface area (Å²) in [5, 5.41) is 14.1. The Morgan fingerprint density at radius 2 is 1.56 bits per heavy atom. The van der Waals surface area contributed by atoms with Gasteiger partial charge in [-0.15, -0.1) is 0 Å². The number of benzene rings is 3. The average Bonchev–Trinajstić information content (AvgIpc) is 2.96. The second kappa shape index (κ2) is 13.9. The number of hydrogen-bond acceptors (Lipinski definition) is 6. The highest BCUT2D eigenvalue weighted by molar-refractivity contribution is 7.92. The predicted octanol–water partition coefficient (Wildman–Crippen LogP) is 4.68. The number of amides is 2. The van der Waals surface area contributed by atoms with E-state index >= 15 is 0 Å². The summed E-state index contributed by atoms with van der Waals surface area (Å²) in [4.78, 5) is 39.3. The zero-order valence-electron chi connectivity index (χ0n) is 23.7. The van der Waals surface area contributed by atoms with E-state index in [2.05, 4.69) is 5.32 Å². The first-order chi connectivity index (χ1) is 19.4. The summed E-state index contributed by atoms with van der Waals surface area (Å²) in [6.07, 6.45) is 0.310. The maximum atomic E-state index is 14.1. The van der Waals surface area contributed by atoms with Crippen LogP contribution in [0.3, 0.4) is 0 Å². The van der Waals surface area contributed by atoms with Gasteiger partial charge in [-0.25, -0.2) is 8.42 Å². The van der Waals surface area contributed by atoms with E-state index < -0.39 is 33.4 Å². The number of hydrogen-bond donors (Lipinski definition) is 1. The molecule has 0 fully saturated rings. The molecule has 10 nitrogen and oxygen atoms in total. The normalized spacial score (nSPS) is 12.0.